The molecule has 12 heavy (non-hydrogen) atoms. The van der Waals surface area contributed by atoms with E-state index in [2.05, 4.69) is 9.58 Å². The zero-order valence-corrected chi connectivity index (χ0v) is 5.76. The van der Waals surface area contributed by atoms with E-state index in [1.807, 2.05) is 0 Å². The number of nitrogens with two attached hydrogens (primary N) is 2. The summed E-state index contributed by atoms with van der Waals surface area (Å²) < 4.78 is 0. The minimum atomic E-state index is -1.34. The predicted molar refractivity (Wildman–Crippen MR) is 35.6 cm³/mol. The second kappa shape index (κ2) is 3.77. The fourth-order valence-electron chi connectivity index (χ4n) is 0.323. The summed E-state index contributed by atoms with van der Waals surface area (Å²) in [6.07, 6.45) is 0. The van der Waals surface area contributed by atoms with Crippen LogP contribution in [0.3, 0.4) is 0 Å². The number of amidine groups is 2. The minimum absolute atomic E-state index is 0.924. The van der Waals surface area contributed by atoms with Crippen LogP contribution in [0.15, 0.2) is 0 Å². The number of Topliss-reactive ketones (excluding diaryl/α,β-unsaturated/α-hetero) is 2. The molecular weight excluding hydrogens is 164 g/mol. The highest BCUT2D eigenvalue weighted by Gasteiger charge is 2.31. The minimum Gasteiger partial charge on any atom is -0.497 e. The van der Waals surface area contributed by atoms with E-state index >= 15 is 0 Å². The second-order valence-electron chi connectivity index (χ2n) is 1.63. The average molecular weight is 168 g/mol. The van der Waals surface area contributed by atoms with E-state index in [1.165, 1.54) is 0 Å². The van der Waals surface area contributed by atoms with Crippen molar-refractivity contribution in [2.24, 2.45) is 11.5 Å². The van der Waals surface area contributed by atoms with Gasteiger partial charge in [0.15, 0.2) is 0 Å². The third-order valence-corrected chi connectivity index (χ3v) is 0.887. The summed E-state index contributed by atoms with van der Waals surface area (Å²) >= 11 is 0. The van der Waals surface area contributed by atoms with Crippen LogP contribution in [0.25, 0.3) is 11.1 Å². The van der Waals surface area contributed by atoms with Crippen LogP contribution < -0.4 is 11.5 Å². The number of carbonyl (C=O) groups is 2. The number of nitrogens with zero attached hydrogens (tertiary/aromatic N) is 4. The average Bonchev–Trinajstić information content (AvgIpc) is 2.12. The van der Waals surface area contributed by atoms with Gasteiger partial charge in [0, 0.05) is 0 Å². The Hall–Kier alpha value is -2.30. The molecule has 0 aliphatic rings. The number of ketones is 2. The van der Waals surface area contributed by atoms with E-state index in [-0.39, 0.29) is 0 Å². The van der Waals surface area contributed by atoms with Crippen molar-refractivity contribution in [1.82, 2.24) is 0 Å². The van der Waals surface area contributed by atoms with Gasteiger partial charge in [-0.1, -0.05) is 0 Å². The van der Waals surface area contributed by atoms with Crippen LogP contribution in [0.4, 0.5) is 0 Å². The van der Waals surface area contributed by atoms with E-state index < -0.39 is 23.2 Å². The monoisotopic (exact) mass is 168 g/mol. The Morgan fingerprint density at radius 2 is 1.17 bits per heavy atom. The van der Waals surface area contributed by atoms with Crippen LogP contribution in [0.1, 0.15) is 0 Å². The maximum atomic E-state index is 10.6. The predicted octanol–water partition coefficient (Wildman–Crippen LogP) is -2.70. The van der Waals surface area contributed by atoms with Crippen LogP contribution in [0, 0.1) is 0 Å². The van der Waals surface area contributed by atoms with Crippen molar-refractivity contribution >= 4 is 23.2 Å². The van der Waals surface area contributed by atoms with Gasteiger partial charge in [-0.15, -0.1) is 0 Å². The van der Waals surface area contributed by atoms with Crippen LogP contribution >= 0.6 is 0 Å². The maximum Gasteiger partial charge on any atom is 0.403 e. The van der Waals surface area contributed by atoms with Gasteiger partial charge in [-0.05, 0) is 0 Å². The molecule has 0 saturated carbocycles. The quantitative estimate of drug-likeness (QED) is 0.154. The molecule has 8 nitrogen and oxygen atoms in total. The molecule has 4 N–H and O–H groups in total. The Morgan fingerprint density at radius 3 is 1.33 bits per heavy atom. The highest BCUT2D eigenvalue weighted by Crippen LogP contribution is 1.73. The molecule has 0 atom stereocenters. The molecule has 8 heteroatoms. The lowest BCUT2D eigenvalue weighted by Crippen LogP contribution is -2.39. The van der Waals surface area contributed by atoms with E-state index in [0.717, 1.165) is 0 Å². The molecule has 0 radical (unpaired) electrons. The van der Waals surface area contributed by atoms with Crippen molar-refractivity contribution in [3.05, 3.63) is 11.1 Å². The molecule has 0 unspecified atom stereocenters. The molecule has 0 fully saturated rings. The van der Waals surface area contributed by atoms with Crippen molar-refractivity contribution in [1.29, 1.82) is 0 Å². The first-order valence-corrected chi connectivity index (χ1v) is 2.58. The molecule has 0 rings (SSSR count). The van der Waals surface area contributed by atoms with Crippen LogP contribution in [0.2, 0.25) is 0 Å². The van der Waals surface area contributed by atoms with Gasteiger partial charge in [0.2, 0.25) is 0 Å². The van der Waals surface area contributed by atoms with Crippen molar-refractivity contribution in [3.63, 3.8) is 0 Å². The SMILES string of the molecule is [N-]=[N+]=C(N)C(=O)C(=O)C(N)=[N+]=[N-]. The molecule has 0 aromatic rings. The van der Waals surface area contributed by atoms with E-state index in [4.69, 9.17) is 22.5 Å². The summed E-state index contributed by atoms with van der Waals surface area (Å²) in [5.41, 5.74) is 25.4. The van der Waals surface area contributed by atoms with Gasteiger partial charge in [0.25, 0.3) is 0 Å². The number of hydrogen-bond acceptors (Lipinski definition) is 2. The highest BCUT2D eigenvalue weighted by atomic mass is 16.2. The van der Waals surface area contributed by atoms with Gasteiger partial charge in [0.05, 0.1) is 0 Å². The Balaban J connectivity index is 4.88. The van der Waals surface area contributed by atoms with Gasteiger partial charge in [-0.3, -0.25) is 21.1 Å². The Kier molecular flexibility index (Phi) is 3.05. The largest absolute Gasteiger partial charge is 0.497 e. The topological polar surface area (TPSA) is 159 Å². The number of rotatable bonds is 3. The summed E-state index contributed by atoms with van der Waals surface area (Å²) in [5.74, 6) is -4.53. The number of carbonyl (C=O) groups excluding carboxylic acids is 2. The molecule has 62 valence electrons. The lowest BCUT2D eigenvalue weighted by Gasteiger charge is -1.84. The summed E-state index contributed by atoms with van der Waals surface area (Å²) in [4.78, 5) is 25.8. The molecule has 0 saturated heterocycles. The van der Waals surface area contributed by atoms with Gasteiger partial charge >= 0.3 is 23.2 Å². The summed E-state index contributed by atoms with van der Waals surface area (Å²) in [7, 11) is 0. The molecule has 0 aliphatic heterocycles. The van der Waals surface area contributed by atoms with Crippen molar-refractivity contribution in [2.75, 3.05) is 0 Å². The molecule has 0 aromatic carbocycles. The summed E-state index contributed by atoms with van der Waals surface area (Å²) in [6.45, 7) is 0. The zero-order chi connectivity index (χ0) is 9.72. The fourth-order valence-corrected chi connectivity index (χ4v) is 0.323. The van der Waals surface area contributed by atoms with Gasteiger partial charge in [-0.25, -0.2) is 0 Å². The van der Waals surface area contributed by atoms with Crippen LogP contribution in [-0.4, -0.2) is 32.8 Å². The van der Waals surface area contributed by atoms with E-state index in [0.29, 0.717) is 0 Å². The molecule has 0 heterocycles. The third-order valence-electron chi connectivity index (χ3n) is 0.887. The Labute approximate surface area is 66.0 Å². The number of hydrogen-bond donors (Lipinski definition) is 2. The van der Waals surface area contributed by atoms with E-state index in [9.17, 15) is 9.59 Å². The summed E-state index contributed by atoms with van der Waals surface area (Å²) in [6, 6.07) is 0. The van der Waals surface area contributed by atoms with Crippen molar-refractivity contribution in [2.45, 2.75) is 0 Å². The Bertz CT molecular complexity index is 297. The van der Waals surface area contributed by atoms with Gasteiger partial charge in [0.1, 0.15) is 0 Å². The molecule has 0 aliphatic carbocycles. The first-order valence-electron chi connectivity index (χ1n) is 2.58. The van der Waals surface area contributed by atoms with Gasteiger partial charge in [-0.2, -0.15) is 0 Å². The molecular formula is C4H4N6O2. The molecule has 0 bridgehead atoms. The van der Waals surface area contributed by atoms with Crippen molar-refractivity contribution in [3.8, 4) is 0 Å². The first kappa shape index (κ1) is 9.70. The molecule has 0 amide bonds. The lowest BCUT2D eigenvalue weighted by molar-refractivity contribution is -0.133. The third kappa shape index (κ3) is 1.84. The van der Waals surface area contributed by atoms with Crippen molar-refractivity contribution < 1.29 is 19.2 Å². The lowest BCUT2D eigenvalue weighted by atomic mass is 10.2. The smallest absolute Gasteiger partial charge is 0.403 e. The highest BCUT2D eigenvalue weighted by molar-refractivity contribution is 6.77. The fraction of sp³-hybridized carbons (Fsp3) is 0. The molecule has 0 aromatic heterocycles. The van der Waals surface area contributed by atoms with Crippen LogP contribution in [-0.2, 0) is 9.59 Å². The van der Waals surface area contributed by atoms with E-state index in [1.54, 1.807) is 0 Å². The van der Waals surface area contributed by atoms with Gasteiger partial charge < -0.3 is 20.6 Å². The second-order valence-corrected chi connectivity index (χ2v) is 1.63. The van der Waals surface area contributed by atoms with Crippen LogP contribution in [0.5, 0.6) is 0 Å². The summed E-state index contributed by atoms with van der Waals surface area (Å²) in [5, 5.41) is 0. The Morgan fingerprint density at radius 1 is 0.917 bits per heavy atom. The zero-order valence-electron chi connectivity index (χ0n) is 5.76. The normalized spacial score (nSPS) is 7.67. The first-order chi connectivity index (χ1) is 5.54. The molecule has 0 spiro atoms. The maximum absolute atomic E-state index is 10.6. The standard InChI is InChI=1S/C4H4N6O2/c5-3(9-7)1(11)2(12)4(6)10-8/h5-6H2.